The van der Waals surface area contributed by atoms with Crippen LogP contribution < -0.4 is 5.32 Å². The lowest BCUT2D eigenvalue weighted by Crippen LogP contribution is -2.28. The van der Waals surface area contributed by atoms with Gasteiger partial charge in [-0.1, -0.05) is 24.9 Å². The lowest BCUT2D eigenvalue weighted by molar-refractivity contribution is -0.141. The number of halogens is 1. The second-order valence-electron chi connectivity index (χ2n) is 3.63. The van der Waals surface area contributed by atoms with Gasteiger partial charge in [-0.2, -0.15) is 0 Å². The normalized spacial score (nSPS) is 12.0. The molecule has 0 spiro atoms. The van der Waals surface area contributed by atoms with Crippen LogP contribution in [-0.4, -0.2) is 29.1 Å². The largest absolute Gasteiger partial charge is 0.467 e. The molecule has 1 unspecified atom stereocenters. The van der Waals surface area contributed by atoms with E-state index in [9.17, 15) is 4.79 Å². The Morgan fingerprint density at radius 1 is 1.59 bits per heavy atom. The molecule has 0 radical (unpaired) electrons. The van der Waals surface area contributed by atoms with Crippen LogP contribution in [0.3, 0.4) is 0 Å². The highest BCUT2D eigenvalue weighted by Gasteiger charge is 2.16. The molecule has 1 aromatic rings. The van der Waals surface area contributed by atoms with E-state index in [1.165, 1.54) is 13.4 Å². The van der Waals surface area contributed by atoms with Gasteiger partial charge in [-0.15, -0.1) is 0 Å². The minimum atomic E-state index is -0.471. The topological polar surface area (TPSA) is 64.1 Å². The summed E-state index contributed by atoms with van der Waals surface area (Å²) in [6.07, 6.45) is 3.05. The smallest absolute Gasteiger partial charge is 0.328 e. The van der Waals surface area contributed by atoms with E-state index in [2.05, 4.69) is 20.0 Å². The van der Waals surface area contributed by atoms with Gasteiger partial charge in [-0.3, -0.25) is 0 Å². The van der Waals surface area contributed by atoms with E-state index in [1.54, 1.807) is 6.92 Å². The average molecular weight is 258 g/mol. The van der Waals surface area contributed by atoms with Crippen molar-refractivity contribution in [2.24, 2.45) is 0 Å². The van der Waals surface area contributed by atoms with Crippen molar-refractivity contribution < 1.29 is 9.53 Å². The van der Waals surface area contributed by atoms with Gasteiger partial charge < -0.3 is 10.1 Å². The molecule has 1 aromatic heterocycles. The number of hydrogen-bond acceptors (Lipinski definition) is 5. The van der Waals surface area contributed by atoms with Crippen LogP contribution in [-0.2, 0) is 16.0 Å². The number of methoxy groups -OCH3 is 1. The van der Waals surface area contributed by atoms with Crippen molar-refractivity contribution in [3.8, 4) is 0 Å². The van der Waals surface area contributed by atoms with Crippen molar-refractivity contribution in [1.29, 1.82) is 0 Å². The Bertz CT molecular complexity index is 398. The van der Waals surface area contributed by atoms with Crippen molar-refractivity contribution in [3.63, 3.8) is 0 Å². The number of anilines is 1. The molecule has 0 aliphatic carbocycles. The maximum absolute atomic E-state index is 11.3. The fourth-order valence-corrected chi connectivity index (χ4v) is 1.66. The molecule has 0 saturated heterocycles. The van der Waals surface area contributed by atoms with E-state index in [4.69, 9.17) is 11.6 Å². The number of hydrogen-bond donors (Lipinski definition) is 1. The minimum absolute atomic E-state index is 0.345. The Kier molecular flexibility index (Phi) is 5.15. The minimum Gasteiger partial charge on any atom is -0.467 e. The number of carbonyl (C=O) groups is 1. The Morgan fingerprint density at radius 2 is 2.29 bits per heavy atom. The molecule has 94 valence electrons. The Labute approximate surface area is 106 Å². The fourth-order valence-electron chi connectivity index (χ4n) is 1.43. The molecule has 0 aromatic carbocycles. The summed E-state index contributed by atoms with van der Waals surface area (Å²) < 4.78 is 4.64. The quantitative estimate of drug-likeness (QED) is 0.646. The Morgan fingerprint density at radius 3 is 2.88 bits per heavy atom. The molecule has 1 heterocycles. The van der Waals surface area contributed by atoms with E-state index in [-0.39, 0.29) is 5.97 Å². The summed E-state index contributed by atoms with van der Waals surface area (Å²) in [5, 5.41) is 3.39. The van der Waals surface area contributed by atoms with E-state index in [0.29, 0.717) is 11.0 Å². The van der Waals surface area contributed by atoms with Gasteiger partial charge in [0.25, 0.3) is 0 Å². The number of esters is 1. The molecule has 0 fully saturated rings. The maximum Gasteiger partial charge on any atom is 0.328 e. The van der Waals surface area contributed by atoms with Gasteiger partial charge in [0, 0.05) is 5.56 Å². The highest BCUT2D eigenvalue weighted by Crippen LogP contribution is 2.21. The van der Waals surface area contributed by atoms with Gasteiger partial charge in [-0.05, 0) is 13.3 Å². The molecule has 0 aliphatic rings. The van der Waals surface area contributed by atoms with Crippen LogP contribution in [0.4, 0.5) is 5.82 Å². The van der Waals surface area contributed by atoms with Gasteiger partial charge in [-0.25, -0.2) is 14.8 Å². The summed E-state index contributed by atoms with van der Waals surface area (Å²) in [7, 11) is 1.35. The fraction of sp³-hybridized carbons (Fsp3) is 0.545. The number of nitrogens with one attached hydrogen (secondary N) is 1. The standard InChI is InChI=1S/C11H16ClN3O2/c1-4-5-8-9(12)13-6-14-10(8)15-7(2)11(16)17-3/h6-7H,4-5H2,1-3H3,(H,13,14,15). The summed E-state index contributed by atoms with van der Waals surface area (Å²) in [5.74, 6) is 0.243. The monoisotopic (exact) mass is 257 g/mol. The summed E-state index contributed by atoms with van der Waals surface area (Å²) in [6, 6.07) is -0.471. The van der Waals surface area contributed by atoms with Crippen LogP contribution in [0, 0.1) is 0 Å². The third-order valence-electron chi connectivity index (χ3n) is 2.30. The van der Waals surface area contributed by atoms with E-state index in [1.807, 2.05) is 6.92 Å². The number of ether oxygens (including phenoxy) is 1. The SMILES string of the molecule is CCCc1c(Cl)ncnc1NC(C)C(=O)OC. The van der Waals surface area contributed by atoms with Gasteiger partial charge >= 0.3 is 5.97 Å². The first-order chi connectivity index (χ1) is 8.10. The number of rotatable bonds is 5. The predicted octanol–water partition coefficient (Wildman–Crippen LogP) is 2.06. The van der Waals surface area contributed by atoms with Gasteiger partial charge in [0.15, 0.2) is 0 Å². The molecule has 1 N–H and O–H groups in total. The molecular weight excluding hydrogens is 242 g/mol. The zero-order valence-corrected chi connectivity index (χ0v) is 10.9. The number of carbonyl (C=O) groups excluding carboxylic acids is 1. The van der Waals surface area contributed by atoms with Crippen molar-refractivity contribution in [2.45, 2.75) is 32.7 Å². The maximum atomic E-state index is 11.3. The molecule has 6 heteroatoms. The third-order valence-corrected chi connectivity index (χ3v) is 2.63. The van der Waals surface area contributed by atoms with Crippen LogP contribution in [0.5, 0.6) is 0 Å². The lowest BCUT2D eigenvalue weighted by Gasteiger charge is -2.15. The summed E-state index contributed by atoms with van der Waals surface area (Å²) in [6.45, 7) is 3.74. The summed E-state index contributed by atoms with van der Waals surface area (Å²) in [5.41, 5.74) is 0.826. The predicted molar refractivity (Wildman–Crippen MR) is 66.1 cm³/mol. The molecule has 1 rings (SSSR count). The van der Waals surface area contributed by atoms with Gasteiger partial charge in [0.05, 0.1) is 7.11 Å². The zero-order chi connectivity index (χ0) is 12.8. The molecule has 17 heavy (non-hydrogen) atoms. The first-order valence-corrected chi connectivity index (χ1v) is 5.81. The highest BCUT2D eigenvalue weighted by atomic mass is 35.5. The van der Waals surface area contributed by atoms with E-state index in [0.717, 1.165) is 18.4 Å². The highest BCUT2D eigenvalue weighted by molar-refractivity contribution is 6.30. The molecule has 0 saturated carbocycles. The Balaban J connectivity index is 2.90. The summed E-state index contributed by atoms with van der Waals surface area (Å²) >= 11 is 6.00. The molecule has 0 bridgehead atoms. The first-order valence-electron chi connectivity index (χ1n) is 5.43. The molecule has 0 aliphatic heterocycles. The number of aromatic nitrogens is 2. The van der Waals surface area contributed by atoms with E-state index < -0.39 is 6.04 Å². The lowest BCUT2D eigenvalue weighted by atomic mass is 10.2. The molecular formula is C11H16ClN3O2. The van der Waals surface area contributed by atoms with Crippen LogP contribution >= 0.6 is 11.6 Å². The average Bonchev–Trinajstić information content (AvgIpc) is 2.32. The van der Waals surface area contributed by atoms with Gasteiger partial charge in [0.1, 0.15) is 23.3 Å². The summed E-state index contributed by atoms with van der Waals surface area (Å²) in [4.78, 5) is 19.3. The van der Waals surface area contributed by atoms with Crippen LogP contribution in [0.15, 0.2) is 6.33 Å². The van der Waals surface area contributed by atoms with Crippen LogP contribution in [0.25, 0.3) is 0 Å². The van der Waals surface area contributed by atoms with Crippen molar-refractivity contribution in [1.82, 2.24) is 9.97 Å². The van der Waals surface area contributed by atoms with Gasteiger partial charge in [0.2, 0.25) is 0 Å². The zero-order valence-electron chi connectivity index (χ0n) is 10.2. The second-order valence-corrected chi connectivity index (χ2v) is 3.99. The van der Waals surface area contributed by atoms with Crippen LogP contribution in [0.2, 0.25) is 5.15 Å². The molecule has 5 nitrogen and oxygen atoms in total. The first kappa shape index (κ1) is 13.7. The molecule has 1 atom stereocenters. The number of nitrogens with zero attached hydrogens (tertiary/aromatic N) is 2. The van der Waals surface area contributed by atoms with Crippen molar-refractivity contribution >= 4 is 23.4 Å². The van der Waals surface area contributed by atoms with Crippen LogP contribution in [0.1, 0.15) is 25.8 Å². The second kappa shape index (κ2) is 6.39. The molecule has 0 amide bonds. The van der Waals surface area contributed by atoms with E-state index >= 15 is 0 Å². The van der Waals surface area contributed by atoms with Crippen molar-refractivity contribution in [2.75, 3.05) is 12.4 Å². The third kappa shape index (κ3) is 3.56. The Hall–Kier alpha value is -1.36. The van der Waals surface area contributed by atoms with Crippen molar-refractivity contribution in [3.05, 3.63) is 17.0 Å².